The average molecular weight is 160 g/mol. The van der Waals surface area contributed by atoms with Crippen LogP contribution in [-0.4, -0.2) is 6.72 Å². The van der Waals surface area contributed by atoms with E-state index in [2.05, 4.69) is 23.6 Å². The van der Waals surface area contributed by atoms with Crippen LogP contribution in [-0.2, 0) is 0 Å². The van der Waals surface area contributed by atoms with Crippen molar-refractivity contribution in [2.24, 2.45) is 4.99 Å². The van der Waals surface area contributed by atoms with Crippen LogP contribution < -0.4 is 5.32 Å². The lowest BCUT2D eigenvalue weighted by molar-refractivity contribution is 1.33. The predicted molar refractivity (Wildman–Crippen MR) is 53.5 cm³/mol. The number of nitrogens with zero attached hydrogens (tertiary/aromatic N) is 1. The van der Waals surface area contributed by atoms with Crippen LogP contribution >= 0.6 is 0 Å². The summed E-state index contributed by atoms with van der Waals surface area (Å²) in [5, 5.41) is 3.00. The molecule has 0 saturated heterocycles. The van der Waals surface area contributed by atoms with Crippen LogP contribution in [0.15, 0.2) is 41.7 Å². The van der Waals surface area contributed by atoms with Gasteiger partial charge in [0, 0.05) is 5.69 Å². The Balaban J connectivity index is 2.71. The highest BCUT2D eigenvalue weighted by Gasteiger charge is 1.90. The van der Waals surface area contributed by atoms with E-state index in [1.165, 1.54) is 5.56 Å². The number of aliphatic imine (C=N–C) groups is 1. The molecule has 2 heteroatoms. The molecular weight excluding hydrogens is 148 g/mol. The van der Waals surface area contributed by atoms with E-state index in [1.807, 2.05) is 31.2 Å². The molecule has 0 aliphatic rings. The lowest BCUT2D eigenvalue weighted by Gasteiger charge is -2.04. The van der Waals surface area contributed by atoms with E-state index >= 15 is 0 Å². The third-order valence-electron chi connectivity index (χ3n) is 1.53. The van der Waals surface area contributed by atoms with Gasteiger partial charge in [0.1, 0.15) is 5.82 Å². The van der Waals surface area contributed by atoms with Gasteiger partial charge in [0.05, 0.1) is 0 Å². The van der Waals surface area contributed by atoms with Gasteiger partial charge in [-0.2, -0.15) is 0 Å². The van der Waals surface area contributed by atoms with Crippen LogP contribution in [0.4, 0.5) is 5.69 Å². The topological polar surface area (TPSA) is 24.4 Å². The molecule has 62 valence electrons. The molecule has 0 saturated carbocycles. The first-order valence-corrected chi connectivity index (χ1v) is 3.71. The minimum Gasteiger partial charge on any atom is -0.341 e. The molecule has 1 aromatic carbocycles. The Labute approximate surface area is 72.6 Å². The predicted octanol–water partition coefficient (Wildman–Crippen LogP) is 2.58. The SMILES string of the molecule is C=NC(=C)Nc1ccc(C)cc1. The largest absolute Gasteiger partial charge is 0.341 e. The fraction of sp³-hybridized carbons (Fsp3) is 0.100. The monoisotopic (exact) mass is 160 g/mol. The number of aryl methyl sites for hydroxylation is 1. The van der Waals surface area contributed by atoms with Gasteiger partial charge >= 0.3 is 0 Å². The zero-order chi connectivity index (χ0) is 8.97. The third kappa shape index (κ3) is 2.23. The molecule has 1 aromatic rings. The van der Waals surface area contributed by atoms with Crippen LogP contribution in [0.25, 0.3) is 0 Å². The molecule has 0 aliphatic heterocycles. The summed E-state index contributed by atoms with van der Waals surface area (Å²) in [7, 11) is 0. The van der Waals surface area contributed by atoms with Crippen molar-refractivity contribution in [2.45, 2.75) is 6.92 Å². The molecule has 0 spiro atoms. The summed E-state index contributed by atoms with van der Waals surface area (Å²) in [6, 6.07) is 8.01. The maximum absolute atomic E-state index is 3.65. The Hall–Kier alpha value is -1.57. The van der Waals surface area contributed by atoms with Gasteiger partial charge in [0.2, 0.25) is 0 Å². The van der Waals surface area contributed by atoms with Crippen molar-refractivity contribution in [2.75, 3.05) is 5.32 Å². The molecule has 2 nitrogen and oxygen atoms in total. The van der Waals surface area contributed by atoms with Gasteiger partial charge in [0.15, 0.2) is 0 Å². The van der Waals surface area contributed by atoms with Crippen LogP contribution in [0, 0.1) is 6.92 Å². The zero-order valence-corrected chi connectivity index (χ0v) is 7.17. The normalized spacial score (nSPS) is 9.08. The molecule has 1 N–H and O–H groups in total. The summed E-state index contributed by atoms with van der Waals surface area (Å²) in [6.45, 7) is 9.06. The van der Waals surface area contributed by atoms with Gasteiger partial charge in [-0.1, -0.05) is 24.3 Å². The molecular formula is C10H12N2. The Morgan fingerprint density at radius 2 is 1.92 bits per heavy atom. The van der Waals surface area contributed by atoms with Crippen LogP contribution in [0.2, 0.25) is 0 Å². The van der Waals surface area contributed by atoms with E-state index in [0.717, 1.165) is 5.69 Å². The Kier molecular flexibility index (Phi) is 2.64. The first kappa shape index (κ1) is 8.53. The second-order valence-corrected chi connectivity index (χ2v) is 2.60. The highest BCUT2D eigenvalue weighted by molar-refractivity contribution is 5.49. The fourth-order valence-corrected chi connectivity index (χ4v) is 0.843. The van der Waals surface area contributed by atoms with Crippen LogP contribution in [0.1, 0.15) is 5.56 Å². The number of hydrogen-bond donors (Lipinski definition) is 1. The van der Waals surface area contributed by atoms with E-state index in [4.69, 9.17) is 0 Å². The molecule has 1 rings (SSSR count). The van der Waals surface area contributed by atoms with Crippen LogP contribution in [0.5, 0.6) is 0 Å². The van der Waals surface area contributed by atoms with E-state index in [9.17, 15) is 0 Å². The number of hydrogen-bond acceptors (Lipinski definition) is 2. The Bertz CT molecular complexity index is 285. The summed E-state index contributed by atoms with van der Waals surface area (Å²) in [5.74, 6) is 0.568. The second kappa shape index (κ2) is 3.72. The van der Waals surface area contributed by atoms with E-state index in [0.29, 0.717) is 5.82 Å². The number of nitrogens with one attached hydrogen (secondary N) is 1. The smallest absolute Gasteiger partial charge is 0.122 e. The molecule has 0 amide bonds. The van der Waals surface area contributed by atoms with E-state index in [-0.39, 0.29) is 0 Å². The van der Waals surface area contributed by atoms with Crippen molar-refractivity contribution in [3.05, 3.63) is 42.2 Å². The molecule has 0 fully saturated rings. The molecule has 0 aromatic heterocycles. The quantitative estimate of drug-likeness (QED) is 0.675. The second-order valence-electron chi connectivity index (χ2n) is 2.60. The Morgan fingerprint density at radius 1 is 1.33 bits per heavy atom. The van der Waals surface area contributed by atoms with Crippen molar-refractivity contribution >= 4 is 12.4 Å². The average Bonchev–Trinajstić information content (AvgIpc) is 2.09. The van der Waals surface area contributed by atoms with Gasteiger partial charge in [-0.3, -0.25) is 0 Å². The maximum Gasteiger partial charge on any atom is 0.122 e. The van der Waals surface area contributed by atoms with Crippen molar-refractivity contribution < 1.29 is 0 Å². The van der Waals surface area contributed by atoms with Crippen LogP contribution in [0.3, 0.4) is 0 Å². The lowest BCUT2D eigenvalue weighted by Crippen LogP contribution is -1.93. The van der Waals surface area contributed by atoms with Gasteiger partial charge in [-0.25, -0.2) is 4.99 Å². The highest BCUT2D eigenvalue weighted by atomic mass is 15.0. The summed E-state index contributed by atoms with van der Waals surface area (Å²) in [6.07, 6.45) is 0. The molecule has 0 bridgehead atoms. The zero-order valence-electron chi connectivity index (χ0n) is 7.17. The Morgan fingerprint density at radius 3 is 2.42 bits per heavy atom. The van der Waals surface area contributed by atoms with Crippen molar-refractivity contribution in [3.8, 4) is 0 Å². The molecule has 0 radical (unpaired) electrons. The minimum atomic E-state index is 0.568. The summed E-state index contributed by atoms with van der Waals surface area (Å²) in [4.78, 5) is 3.65. The highest BCUT2D eigenvalue weighted by Crippen LogP contribution is 2.10. The number of anilines is 1. The lowest BCUT2D eigenvalue weighted by atomic mass is 10.2. The molecule has 0 atom stereocenters. The third-order valence-corrected chi connectivity index (χ3v) is 1.53. The first-order valence-electron chi connectivity index (χ1n) is 3.71. The van der Waals surface area contributed by atoms with Crippen molar-refractivity contribution in [1.82, 2.24) is 0 Å². The number of rotatable bonds is 3. The van der Waals surface area contributed by atoms with Crippen molar-refractivity contribution in [3.63, 3.8) is 0 Å². The molecule has 0 unspecified atom stereocenters. The van der Waals surface area contributed by atoms with E-state index < -0.39 is 0 Å². The number of benzene rings is 1. The maximum atomic E-state index is 3.65. The van der Waals surface area contributed by atoms with E-state index in [1.54, 1.807) is 0 Å². The standard InChI is InChI=1S/C10H12N2/c1-8-4-6-10(7-5-8)12-9(2)11-3/h4-7,12H,2-3H2,1H3. The van der Waals surface area contributed by atoms with Gasteiger partial charge in [0.25, 0.3) is 0 Å². The minimum absolute atomic E-state index is 0.568. The van der Waals surface area contributed by atoms with Gasteiger partial charge < -0.3 is 5.32 Å². The summed E-state index contributed by atoms with van der Waals surface area (Å²) >= 11 is 0. The summed E-state index contributed by atoms with van der Waals surface area (Å²) in [5.41, 5.74) is 2.22. The molecule has 12 heavy (non-hydrogen) atoms. The molecule has 0 aliphatic carbocycles. The fourth-order valence-electron chi connectivity index (χ4n) is 0.843. The van der Waals surface area contributed by atoms with Gasteiger partial charge in [-0.15, -0.1) is 0 Å². The molecule has 0 heterocycles. The van der Waals surface area contributed by atoms with Gasteiger partial charge in [-0.05, 0) is 25.8 Å². The first-order chi connectivity index (χ1) is 5.72. The van der Waals surface area contributed by atoms with Crippen molar-refractivity contribution in [1.29, 1.82) is 0 Å². The summed E-state index contributed by atoms with van der Waals surface area (Å²) < 4.78 is 0.